The second kappa shape index (κ2) is 7.25. The second-order valence-corrected chi connectivity index (χ2v) is 6.77. The summed E-state index contributed by atoms with van der Waals surface area (Å²) in [5.74, 6) is -2.50. The number of esters is 1. The van der Waals surface area contributed by atoms with Gasteiger partial charge in [-0.15, -0.1) is 0 Å². The predicted octanol–water partition coefficient (Wildman–Crippen LogP) is 2.89. The fourth-order valence-electron chi connectivity index (χ4n) is 2.38. The van der Waals surface area contributed by atoms with Crippen LogP contribution in [0.1, 0.15) is 27.7 Å². The van der Waals surface area contributed by atoms with E-state index in [1.807, 2.05) is 0 Å². The lowest BCUT2D eigenvalue weighted by atomic mass is 10.2. The molecule has 0 aromatic heterocycles. The number of carbonyl (C=O) groups is 2. The number of halogens is 2. The van der Waals surface area contributed by atoms with E-state index in [0.717, 1.165) is 12.1 Å². The highest BCUT2D eigenvalue weighted by atomic mass is 19.2. The number of ether oxygens (including phenoxy) is 3. The van der Waals surface area contributed by atoms with Crippen LogP contribution in [-0.4, -0.2) is 47.9 Å². The van der Waals surface area contributed by atoms with Gasteiger partial charge in [-0.1, -0.05) is 0 Å². The maximum absolute atomic E-state index is 13.3. The SMILES string of the molecule is CC(=O)O[C@@H]1CN(C(=O)OC(C)(C)C)C[C@H]1Oc1ccc(F)c(F)c1. The zero-order valence-corrected chi connectivity index (χ0v) is 14.5. The van der Waals surface area contributed by atoms with Crippen LogP contribution in [0.4, 0.5) is 13.6 Å². The van der Waals surface area contributed by atoms with Crippen molar-refractivity contribution in [3.05, 3.63) is 29.8 Å². The maximum atomic E-state index is 13.3. The predicted molar refractivity (Wildman–Crippen MR) is 84.1 cm³/mol. The largest absolute Gasteiger partial charge is 0.485 e. The van der Waals surface area contributed by atoms with Gasteiger partial charge >= 0.3 is 12.1 Å². The van der Waals surface area contributed by atoms with Crippen LogP contribution in [0, 0.1) is 11.6 Å². The number of rotatable bonds is 3. The van der Waals surface area contributed by atoms with Crippen molar-refractivity contribution in [2.45, 2.75) is 45.5 Å². The van der Waals surface area contributed by atoms with Crippen molar-refractivity contribution in [2.75, 3.05) is 13.1 Å². The third-order valence-corrected chi connectivity index (χ3v) is 3.36. The van der Waals surface area contributed by atoms with Gasteiger partial charge in [0.2, 0.25) is 0 Å². The van der Waals surface area contributed by atoms with Gasteiger partial charge < -0.3 is 19.1 Å². The third-order valence-electron chi connectivity index (χ3n) is 3.36. The molecule has 2 rings (SSSR count). The zero-order chi connectivity index (χ0) is 18.8. The van der Waals surface area contributed by atoms with Gasteiger partial charge in [-0.2, -0.15) is 0 Å². The lowest BCUT2D eigenvalue weighted by Crippen LogP contribution is -2.36. The van der Waals surface area contributed by atoms with Crippen LogP contribution >= 0.6 is 0 Å². The van der Waals surface area contributed by atoms with Gasteiger partial charge in [-0.25, -0.2) is 13.6 Å². The molecule has 2 atom stereocenters. The van der Waals surface area contributed by atoms with E-state index in [0.29, 0.717) is 0 Å². The summed E-state index contributed by atoms with van der Waals surface area (Å²) in [7, 11) is 0. The molecule has 0 unspecified atom stereocenters. The topological polar surface area (TPSA) is 65.1 Å². The van der Waals surface area contributed by atoms with E-state index in [9.17, 15) is 18.4 Å². The summed E-state index contributed by atoms with van der Waals surface area (Å²) in [5, 5.41) is 0. The summed E-state index contributed by atoms with van der Waals surface area (Å²) in [5.41, 5.74) is -0.674. The molecule has 8 heteroatoms. The van der Waals surface area contributed by atoms with Gasteiger partial charge in [0.1, 0.15) is 11.4 Å². The van der Waals surface area contributed by atoms with Gasteiger partial charge in [0.25, 0.3) is 0 Å². The summed E-state index contributed by atoms with van der Waals surface area (Å²) in [4.78, 5) is 24.8. The molecular weight excluding hydrogens is 336 g/mol. The molecule has 1 heterocycles. The normalized spacial score (nSPS) is 20.3. The molecule has 1 saturated heterocycles. The molecule has 1 aromatic rings. The minimum atomic E-state index is -1.05. The van der Waals surface area contributed by atoms with E-state index < -0.39 is 41.5 Å². The number of hydrogen-bond acceptors (Lipinski definition) is 5. The molecule has 0 N–H and O–H groups in total. The van der Waals surface area contributed by atoms with Crippen molar-refractivity contribution in [1.29, 1.82) is 0 Å². The number of hydrogen-bond donors (Lipinski definition) is 0. The van der Waals surface area contributed by atoms with Gasteiger partial charge in [-0.3, -0.25) is 4.79 Å². The summed E-state index contributed by atoms with van der Waals surface area (Å²) in [6.45, 7) is 6.62. The molecule has 0 radical (unpaired) electrons. The first-order valence-corrected chi connectivity index (χ1v) is 7.82. The minimum absolute atomic E-state index is 0.0760. The van der Waals surface area contributed by atoms with Crippen LogP contribution < -0.4 is 4.74 Å². The Morgan fingerprint density at radius 1 is 1.12 bits per heavy atom. The Hall–Kier alpha value is -2.38. The highest BCUT2D eigenvalue weighted by molar-refractivity contribution is 5.69. The van der Waals surface area contributed by atoms with E-state index in [-0.39, 0.29) is 18.8 Å². The molecule has 0 aliphatic carbocycles. The van der Waals surface area contributed by atoms with Crippen molar-refractivity contribution in [3.8, 4) is 5.75 Å². The van der Waals surface area contributed by atoms with Crippen LogP contribution in [0.25, 0.3) is 0 Å². The van der Waals surface area contributed by atoms with E-state index in [4.69, 9.17) is 14.2 Å². The molecule has 0 bridgehead atoms. The third kappa shape index (κ3) is 5.30. The second-order valence-electron chi connectivity index (χ2n) is 6.77. The highest BCUT2D eigenvalue weighted by Gasteiger charge is 2.40. The van der Waals surface area contributed by atoms with Crippen LogP contribution in [-0.2, 0) is 14.3 Å². The summed E-state index contributed by atoms with van der Waals surface area (Å²) >= 11 is 0. The maximum Gasteiger partial charge on any atom is 0.410 e. The fourth-order valence-corrected chi connectivity index (χ4v) is 2.38. The van der Waals surface area contributed by atoms with Crippen LogP contribution in [0.5, 0.6) is 5.75 Å². The Balaban J connectivity index is 2.11. The van der Waals surface area contributed by atoms with Gasteiger partial charge in [-0.05, 0) is 32.9 Å². The van der Waals surface area contributed by atoms with E-state index in [2.05, 4.69) is 0 Å². The lowest BCUT2D eigenvalue weighted by molar-refractivity contribution is -0.148. The Morgan fingerprint density at radius 2 is 1.76 bits per heavy atom. The molecule has 1 fully saturated rings. The van der Waals surface area contributed by atoms with Crippen LogP contribution in [0.2, 0.25) is 0 Å². The summed E-state index contributed by atoms with van der Waals surface area (Å²) in [6, 6.07) is 3.10. The van der Waals surface area contributed by atoms with Crippen molar-refractivity contribution < 1.29 is 32.6 Å². The minimum Gasteiger partial charge on any atom is -0.485 e. The summed E-state index contributed by atoms with van der Waals surface area (Å²) < 4.78 is 42.4. The van der Waals surface area contributed by atoms with E-state index >= 15 is 0 Å². The Bertz CT molecular complexity index is 659. The molecule has 0 spiro atoms. The van der Waals surface area contributed by atoms with Gasteiger partial charge in [0, 0.05) is 13.0 Å². The Labute approximate surface area is 144 Å². The molecule has 1 amide bonds. The highest BCUT2D eigenvalue weighted by Crippen LogP contribution is 2.24. The first-order chi connectivity index (χ1) is 11.5. The number of amides is 1. The lowest BCUT2D eigenvalue weighted by Gasteiger charge is -2.24. The van der Waals surface area contributed by atoms with E-state index in [1.165, 1.54) is 17.9 Å². The number of nitrogens with zero attached hydrogens (tertiary/aromatic N) is 1. The molecular formula is C17H21F2NO5. The Morgan fingerprint density at radius 3 is 2.32 bits per heavy atom. The molecule has 0 saturated carbocycles. The summed E-state index contributed by atoms with van der Waals surface area (Å²) in [6.07, 6.45) is -2.03. The van der Waals surface area contributed by atoms with Gasteiger partial charge in [0.05, 0.1) is 13.1 Å². The van der Waals surface area contributed by atoms with Crippen molar-refractivity contribution in [3.63, 3.8) is 0 Å². The van der Waals surface area contributed by atoms with Crippen molar-refractivity contribution in [1.82, 2.24) is 4.90 Å². The fraction of sp³-hybridized carbons (Fsp3) is 0.529. The van der Waals surface area contributed by atoms with Crippen LogP contribution in [0.3, 0.4) is 0 Å². The average Bonchev–Trinajstić information content (AvgIpc) is 2.83. The number of benzene rings is 1. The van der Waals surface area contributed by atoms with E-state index in [1.54, 1.807) is 20.8 Å². The number of carbonyl (C=O) groups excluding carboxylic acids is 2. The van der Waals surface area contributed by atoms with Gasteiger partial charge in [0.15, 0.2) is 23.8 Å². The zero-order valence-electron chi connectivity index (χ0n) is 14.5. The first-order valence-electron chi connectivity index (χ1n) is 7.82. The molecule has 138 valence electrons. The monoisotopic (exact) mass is 357 g/mol. The number of likely N-dealkylation sites (tertiary alicyclic amines) is 1. The molecule has 1 aliphatic rings. The Kier molecular flexibility index (Phi) is 5.49. The van der Waals surface area contributed by atoms with Crippen molar-refractivity contribution in [2.24, 2.45) is 0 Å². The molecule has 6 nitrogen and oxygen atoms in total. The average molecular weight is 357 g/mol. The quantitative estimate of drug-likeness (QED) is 0.779. The van der Waals surface area contributed by atoms with Crippen molar-refractivity contribution >= 4 is 12.1 Å². The molecule has 1 aliphatic heterocycles. The molecule has 1 aromatic carbocycles. The van der Waals surface area contributed by atoms with Crippen LogP contribution in [0.15, 0.2) is 18.2 Å². The standard InChI is InChI=1S/C17H21F2NO5/c1-10(21)23-14-8-20(16(22)25-17(2,3)4)9-15(14)24-11-5-6-12(18)13(19)7-11/h5-7,14-15H,8-9H2,1-4H3/t14-,15-/m1/s1. The first kappa shape index (κ1) is 19.0. The smallest absolute Gasteiger partial charge is 0.410 e. The molecule has 25 heavy (non-hydrogen) atoms.